The summed E-state index contributed by atoms with van der Waals surface area (Å²) in [6.45, 7) is 7.79. The van der Waals surface area contributed by atoms with Crippen molar-refractivity contribution in [3.05, 3.63) is 17.8 Å². The molecule has 6 heteroatoms. The smallest absolute Gasteiger partial charge is 0.339 e. The number of nitrogen functional groups attached to an aromatic ring is 1. The highest BCUT2D eigenvalue weighted by molar-refractivity contribution is 5.94. The molecule has 0 aromatic carbocycles. The lowest BCUT2D eigenvalue weighted by Crippen LogP contribution is -2.30. The minimum atomic E-state index is -1.02. The van der Waals surface area contributed by atoms with Gasteiger partial charge in [-0.15, -0.1) is 0 Å². The van der Waals surface area contributed by atoms with Gasteiger partial charge in [0.15, 0.2) is 0 Å². The third-order valence-electron chi connectivity index (χ3n) is 2.85. The normalized spacial score (nSPS) is 10.7. The highest BCUT2D eigenvalue weighted by atomic mass is 16.4. The van der Waals surface area contributed by atoms with Crippen LogP contribution in [0.3, 0.4) is 0 Å². The van der Waals surface area contributed by atoms with Crippen molar-refractivity contribution < 1.29 is 9.90 Å². The molecule has 1 aromatic rings. The monoisotopic (exact) mass is 266 g/mol. The number of carbonyl (C=O) groups is 1. The van der Waals surface area contributed by atoms with E-state index in [1.807, 2.05) is 0 Å². The molecule has 1 aromatic heterocycles. The first-order valence-electron chi connectivity index (χ1n) is 6.53. The van der Waals surface area contributed by atoms with Crippen LogP contribution in [0.25, 0.3) is 0 Å². The summed E-state index contributed by atoms with van der Waals surface area (Å²) in [7, 11) is 0. The van der Waals surface area contributed by atoms with E-state index in [0.717, 1.165) is 26.1 Å². The van der Waals surface area contributed by atoms with E-state index in [1.54, 1.807) is 0 Å². The number of aromatic nitrogens is 1. The maximum atomic E-state index is 11.1. The number of likely N-dealkylation sites (N-methyl/N-ethyl adjacent to an activating group) is 1. The summed E-state index contributed by atoms with van der Waals surface area (Å²) in [4.78, 5) is 17.4. The van der Waals surface area contributed by atoms with Crippen LogP contribution in [-0.4, -0.2) is 47.1 Å². The van der Waals surface area contributed by atoms with E-state index in [0.29, 0.717) is 18.1 Å². The molecule has 0 spiro atoms. The molecule has 19 heavy (non-hydrogen) atoms. The highest BCUT2D eigenvalue weighted by Crippen LogP contribution is 2.15. The number of nitrogens with one attached hydrogen (secondary N) is 1. The molecule has 0 saturated heterocycles. The average molecular weight is 266 g/mol. The van der Waals surface area contributed by atoms with Crippen LogP contribution < -0.4 is 11.1 Å². The fourth-order valence-corrected chi connectivity index (χ4v) is 1.86. The van der Waals surface area contributed by atoms with Crippen molar-refractivity contribution in [2.45, 2.75) is 20.3 Å². The Morgan fingerprint density at radius 3 is 2.79 bits per heavy atom. The van der Waals surface area contributed by atoms with E-state index < -0.39 is 5.97 Å². The van der Waals surface area contributed by atoms with Gasteiger partial charge in [0, 0.05) is 13.1 Å². The van der Waals surface area contributed by atoms with Gasteiger partial charge in [-0.1, -0.05) is 13.8 Å². The van der Waals surface area contributed by atoms with Crippen LogP contribution in [0.4, 0.5) is 11.5 Å². The first kappa shape index (κ1) is 15.2. The summed E-state index contributed by atoms with van der Waals surface area (Å²) in [5, 5.41) is 12.1. The van der Waals surface area contributed by atoms with Gasteiger partial charge < -0.3 is 21.1 Å². The summed E-state index contributed by atoms with van der Waals surface area (Å²) < 4.78 is 0. The Labute approximate surface area is 113 Å². The zero-order valence-corrected chi connectivity index (χ0v) is 11.5. The number of hydrogen-bond acceptors (Lipinski definition) is 5. The van der Waals surface area contributed by atoms with Crippen LogP contribution in [0.15, 0.2) is 12.3 Å². The third kappa shape index (κ3) is 4.75. The van der Waals surface area contributed by atoms with E-state index in [9.17, 15) is 4.79 Å². The molecule has 1 rings (SSSR count). The van der Waals surface area contributed by atoms with Crippen LogP contribution in [0, 0.1) is 0 Å². The van der Waals surface area contributed by atoms with Crippen molar-refractivity contribution in [3.8, 4) is 0 Å². The van der Waals surface area contributed by atoms with Gasteiger partial charge in [-0.3, -0.25) is 0 Å². The Bertz CT molecular complexity index is 423. The van der Waals surface area contributed by atoms with Gasteiger partial charge in [-0.25, -0.2) is 9.78 Å². The second-order valence-electron chi connectivity index (χ2n) is 4.33. The van der Waals surface area contributed by atoms with Gasteiger partial charge in [0.2, 0.25) is 0 Å². The number of hydrogen-bond donors (Lipinski definition) is 3. The second kappa shape index (κ2) is 7.58. The van der Waals surface area contributed by atoms with Gasteiger partial charge in [0.25, 0.3) is 0 Å². The summed E-state index contributed by atoms with van der Waals surface area (Å²) in [5.41, 5.74) is 6.00. The zero-order chi connectivity index (χ0) is 14.3. The minimum Gasteiger partial charge on any atom is -0.478 e. The van der Waals surface area contributed by atoms with E-state index >= 15 is 0 Å². The summed E-state index contributed by atoms with van der Waals surface area (Å²) >= 11 is 0. The molecule has 0 aliphatic rings. The Balaban J connectivity index is 2.60. The third-order valence-corrected chi connectivity index (χ3v) is 2.85. The molecule has 0 aliphatic carbocycles. The van der Waals surface area contributed by atoms with Crippen LogP contribution in [0.1, 0.15) is 30.6 Å². The molecule has 6 nitrogen and oxygen atoms in total. The number of nitrogens with two attached hydrogens (primary N) is 1. The lowest BCUT2D eigenvalue weighted by atomic mass is 10.2. The van der Waals surface area contributed by atoms with Gasteiger partial charge >= 0.3 is 5.97 Å². The first-order chi connectivity index (χ1) is 9.08. The molecular weight excluding hydrogens is 244 g/mol. The molecule has 0 radical (unpaired) electrons. The molecule has 0 fully saturated rings. The highest BCUT2D eigenvalue weighted by Gasteiger charge is 2.11. The second-order valence-corrected chi connectivity index (χ2v) is 4.33. The van der Waals surface area contributed by atoms with Crippen molar-refractivity contribution in [1.29, 1.82) is 0 Å². The number of carboxylic acids is 1. The van der Waals surface area contributed by atoms with Crippen molar-refractivity contribution in [1.82, 2.24) is 9.88 Å². The first-order valence-corrected chi connectivity index (χ1v) is 6.53. The maximum Gasteiger partial charge on any atom is 0.339 e. The summed E-state index contributed by atoms with van der Waals surface area (Å²) in [5.74, 6) is -0.655. The van der Waals surface area contributed by atoms with Crippen LogP contribution >= 0.6 is 0 Å². The molecule has 4 N–H and O–H groups in total. The predicted octanol–water partition coefficient (Wildman–Crippen LogP) is 1.51. The molecule has 0 unspecified atom stereocenters. The van der Waals surface area contributed by atoms with Crippen molar-refractivity contribution in [3.63, 3.8) is 0 Å². The zero-order valence-electron chi connectivity index (χ0n) is 11.5. The van der Waals surface area contributed by atoms with Crippen LogP contribution in [-0.2, 0) is 0 Å². The molecule has 0 saturated carbocycles. The Morgan fingerprint density at radius 2 is 2.21 bits per heavy atom. The fourth-order valence-electron chi connectivity index (χ4n) is 1.86. The maximum absolute atomic E-state index is 11.1. The average Bonchev–Trinajstić information content (AvgIpc) is 2.39. The van der Waals surface area contributed by atoms with E-state index in [-0.39, 0.29) is 5.56 Å². The molecule has 106 valence electrons. The SMILES string of the molecule is CCCN(CC)CCNc1ncc(N)cc1C(=O)O. The number of nitrogens with zero attached hydrogens (tertiary/aromatic N) is 2. The molecule has 1 heterocycles. The number of anilines is 2. The Morgan fingerprint density at radius 1 is 1.47 bits per heavy atom. The molecule has 0 amide bonds. The van der Waals surface area contributed by atoms with Crippen molar-refractivity contribution >= 4 is 17.5 Å². The lowest BCUT2D eigenvalue weighted by molar-refractivity contribution is 0.0697. The van der Waals surface area contributed by atoms with E-state index in [1.165, 1.54) is 12.3 Å². The number of aromatic carboxylic acids is 1. The fraction of sp³-hybridized carbons (Fsp3) is 0.538. The van der Waals surface area contributed by atoms with Gasteiger partial charge in [0.05, 0.1) is 11.9 Å². The molecule has 0 atom stereocenters. The Kier molecular flexibility index (Phi) is 6.08. The largest absolute Gasteiger partial charge is 0.478 e. The number of pyridine rings is 1. The molecule has 0 bridgehead atoms. The van der Waals surface area contributed by atoms with Crippen molar-refractivity contribution in [2.24, 2.45) is 0 Å². The minimum absolute atomic E-state index is 0.110. The van der Waals surface area contributed by atoms with E-state index in [4.69, 9.17) is 10.8 Å². The quantitative estimate of drug-likeness (QED) is 0.660. The summed E-state index contributed by atoms with van der Waals surface area (Å²) in [6.07, 6.45) is 2.56. The standard InChI is InChI=1S/C13H22N4O2/c1-3-6-17(4-2)7-5-15-12-11(13(18)19)8-10(14)9-16-12/h8-9H,3-7,14H2,1-2H3,(H,15,16)(H,18,19). The predicted molar refractivity (Wildman–Crippen MR) is 76.5 cm³/mol. The number of carboxylic acid groups (broad SMARTS) is 1. The van der Waals surface area contributed by atoms with Gasteiger partial charge in [-0.2, -0.15) is 0 Å². The summed E-state index contributed by atoms with van der Waals surface area (Å²) in [6, 6.07) is 1.42. The van der Waals surface area contributed by atoms with Crippen molar-refractivity contribution in [2.75, 3.05) is 37.2 Å². The number of rotatable bonds is 8. The van der Waals surface area contributed by atoms with Crippen LogP contribution in [0.2, 0.25) is 0 Å². The topological polar surface area (TPSA) is 91.5 Å². The molecular formula is C13H22N4O2. The van der Waals surface area contributed by atoms with Gasteiger partial charge in [-0.05, 0) is 25.6 Å². The lowest BCUT2D eigenvalue weighted by Gasteiger charge is -2.20. The molecule has 0 aliphatic heterocycles. The van der Waals surface area contributed by atoms with E-state index in [2.05, 4.69) is 29.0 Å². The van der Waals surface area contributed by atoms with Gasteiger partial charge in [0.1, 0.15) is 11.4 Å². The van der Waals surface area contributed by atoms with Crippen LogP contribution in [0.5, 0.6) is 0 Å². The Hall–Kier alpha value is -1.82.